The first kappa shape index (κ1) is 21.4. The number of carbonyl (C=O) groups is 1. The van der Waals surface area contributed by atoms with Gasteiger partial charge in [-0.25, -0.2) is 4.98 Å². The summed E-state index contributed by atoms with van der Waals surface area (Å²) in [6, 6.07) is 3.42. The van der Waals surface area contributed by atoms with Gasteiger partial charge in [0, 0.05) is 23.0 Å². The van der Waals surface area contributed by atoms with Crippen LogP contribution in [0.25, 0.3) is 11.1 Å². The maximum atomic E-state index is 13.0. The van der Waals surface area contributed by atoms with Crippen LogP contribution < -0.4 is 14.8 Å². The molecule has 0 radical (unpaired) electrons. The van der Waals surface area contributed by atoms with E-state index < -0.39 is 5.91 Å². The highest BCUT2D eigenvalue weighted by Gasteiger charge is 2.28. The number of halogens is 1. The highest BCUT2D eigenvalue weighted by molar-refractivity contribution is 7.17. The summed E-state index contributed by atoms with van der Waals surface area (Å²) in [7, 11) is 1.52. The van der Waals surface area contributed by atoms with E-state index in [-0.39, 0.29) is 11.3 Å². The van der Waals surface area contributed by atoms with Gasteiger partial charge in [-0.3, -0.25) is 15.1 Å². The number of pyridine rings is 2. The van der Waals surface area contributed by atoms with E-state index in [9.17, 15) is 9.90 Å². The number of rotatable bonds is 7. The molecule has 0 saturated heterocycles. The highest BCUT2D eigenvalue weighted by Crippen LogP contribution is 2.34. The number of nitrogens with one attached hydrogen (secondary N) is 1. The number of nitrogens with zero attached hydrogens (tertiary/aromatic N) is 4. The van der Waals surface area contributed by atoms with Crippen LogP contribution in [0.4, 0.5) is 5.13 Å². The zero-order valence-electron chi connectivity index (χ0n) is 16.8. The summed E-state index contributed by atoms with van der Waals surface area (Å²) in [5.74, 6) is 0.402. The van der Waals surface area contributed by atoms with Gasteiger partial charge in [-0.15, -0.1) is 5.10 Å². The van der Waals surface area contributed by atoms with Crippen LogP contribution >= 0.6 is 22.9 Å². The van der Waals surface area contributed by atoms with Crippen LogP contribution in [0.5, 0.6) is 10.9 Å². The summed E-state index contributed by atoms with van der Waals surface area (Å²) in [6.07, 6.45) is 4.23. The molecule has 162 valence electrons. The summed E-state index contributed by atoms with van der Waals surface area (Å²) >= 11 is 7.21. The van der Waals surface area contributed by atoms with Crippen LogP contribution in [0, 0.1) is 12.8 Å². The number of aryl methyl sites for hydroxylation is 1. The first-order chi connectivity index (χ1) is 14.9. The Bertz CT molecular complexity index is 1100. The molecule has 0 aromatic carbocycles. The van der Waals surface area contributed by atoms with Crippen molar-refractivity contribution in [3.63, 3.8) is 0 Å². The summed E-state index contributed by atoms with van der Waals surface area (Å²) in [5, 5.41) is 21.0. The first-order valence-corrected chi connectivity index (χ1v) is 10.7. The van der Waals surface area contributed by atoms with Crippen LogP contribution in [0.3, 0.4) is 0 Å². The molecule has 1 fully saturated rings. The van der Waals surface area contributed by atoms with E-state index in [1.54, 1.807) is 12.1 Å². The van der Waals surface area contributed by atoms with Gasteiger partial charge in [0.15, 0.2) is 0 Å². The van der Waals surface area contributed by atoms with Crippen molar-refractivity contribution >= 4 is 34.0 Å². The minimum absolute atomic E-state index is 0.232. The number of aliphatic hydroxyl groups excluding tert-OH is 1. The van der Waals surface area contributed by atoms with Crippen molar-refractivity contribution in [2.24, 2.45) is 5.92 Å². The van der Waals surface area contributed by atoms with E-state index >= 15 is 0 Å². The maximum Gasteiger partial charge on any atom is 0.295 e. The Kier molecular flexibility index (Phi) is 6.30. The van der Waals surface area contributed by atoms with Crippen molar-refractivity contribution < 1.29 is 19.4 Å². The quantitative estimate of drug-likeness (QED) is 0.514. The summed E-state index contributed by atoms with van der Waals surface area (Å²) in [4.78, 5) is 21.3. The normalized spacial score (nSPS) is 17.7. The molecule has 2 N–H and O–H groups in total. The fraction of sp³-hybridized carbons (Fsp3) is 0.350. The van der Waals surface area contributed by atoms with Gasteiger partial charge in [-0.05, 0) is 49.2 Å². The average Bonchev–Trinajstić information content (AvgIpc) is 3.17. The molecule has 1 aliphatic rings. The summed E-state index contributed by atoms with van der Waals surface area (Å²) in [5.41, 5.74) is 2.29. The second-order valence-corrected chi connectivity index (χ2v) is 8.54. The number of ether oxygens (including phenoxy) is 2. The highest BCUT2D eigenvalue weighted by atomic mass is 35.5. The lowest BCUT2D eigenvalue weighted by molar-refractivity contribution is 0.0201. The molecule has 3 heterocycles. The predicted octanol–water partition coefficient (Wildman–Crippen LogP) is 3.37. The van der Waals surface area contributed by atoms with Crippen molar-refractivity contribution in [1.82, 2.24) is 20.2 Å². The van der Waals surface area contributed by atoms with Crippen LogP contribution in [-0.2, 0) is 0 Å². The van der Waals surface area contributed by atoms with Crippen LogP contribution in [0.15, 0.2) is 24.5 Å². The Morgan fingerprint density at radius 2 is 2.06 bits per heavy atom. The minimum Gasteiger partial charge on any atom is -0.494 e. The lowest BCUT2D eigenvalue weighted by Crippen LogP contribution is -2.32. The number of hydrogen-bond donors (Lipinski definition) is 2. The third-order valence-electron chi connectivity index (χ3n) is 4.91. The molecule has 1 amide bonds. The minimum atomic E-state index is -0.401. The number of methoxy groups -OCH3 is 1. The molecule has 0 bridgehead atoms. The smallest absolute Gasteiger partial charge is 0.295 e. The molecule has 9 nitrogen and oxygen atoms in total. The second kappa shape index (κ2) is 9.13. The Morgan fingerprint density at radius 3 is 2.81 bits per heavy atom. The Morgan fingerprint density at radius 1 is 1.26 bits per heavy atom. The molecule has 11 heteroatoms. The monoisotopic (exact) mass is 461 g/mol. The molecule has 0 aliphatic heterocycles. The van der Waals surface area contributed by atoms with Crippen molar-refractivity contribution in [2.45, 2.75) is 25.9 Å². The van der Waals surface area contributed by atoms with Crippen molar-refractivity contribution in [3.05, 3.63) is 40.9 Å². The lowest BCUT2D eigenvalue weighted by atomic mass is 9.83. The van der Waals surface area contributed by atoms with Crippen LogP contribution in [0.2, 0.25) is 5.15 Å². The number of hydrogen-bond acceptors (Lipinski definition) is 9. The molecule has 3 aromatic rings. The number of amides is 1. The van der Waals surface area contributed by atoms with Gasteiger partial charge >= 0.3 is 0 Å². The van der Waals surface area contributed by atoms with E-state index in [1.807, 2.05) is 6.92 Å². The molecule has 0 unspecified atom stereocenters. The fourth-order valence-corrected chi connectivity index (χ4v) is 4.02. The number of carbonyl (C=O) groups excluding carboxylic acids is 1. The third kappa shape index (κ3) is 4.92. The van der Waals surface area contributed by atoms with E-state index in [0.717, 1.165) is 29.9 Å². The van der Waals surface area contributed by atoms with E-state index in [0.29, 0.717) is 45.3 Å². The van der Waals surface area contributed by atoms with Gasteiger partial charge in [0.05, 0.1) is 31.6 Å². The first-order valence-electron chi connectivity index (χ1n) is 9.55. The van der Waals surface area contributed by atoms with Crippen molar-refractivity contribution in [1.29, 1.82) is 0 Å². The van der Waals surface area contributed by atoms with Gasteiger partial charge in [0.2, 0.25) is 5.13 Å². The van der Waals surface area contributed by atoms with Crippen LogP contribution in [-0.4, -0.2) is 51.0 Å². The molecule has 31 heavy (non-hydrogen) atoms. The molecule has 3 aromatic heterocycles. The average molecular weight is 462 g/mol. The van der Waals surface area contributed by atoms with Crippen molar-refractivity contribution in [2.75, 3.05) is 19.0 Å². The van der Waals surface area contributed by atoms with Gasteiger partial charge in [0.25, 0.3) is 11.1 Å². The zero-order chi connectivity index (χ0) is 22.0. The third-order valence-corrected chi connectivity index (χ3v) is 5.87. The van der Waals surface area contributed by atoms with Gasteiger partial charge in [-0.2, -0.15) is 0 Å². The number of anilines is 1. The molecular formula is C20H20ClN5O4S. The number of aromatic nitrogens is 4. The van der Waals surface area contributed by atoms with E-state index in [1.165, 1.54) is 19.5 Å². The molecular weight excluding hydrogens is 442 g/mol. The van der Waals surface area contributed by atoms with E-state index in [4.69, 9.17) is 21.1 Å². The molecule has 0 atom stereocenters. The Labute approximate surface area is 187 Å². The molecule has 4 rings (SSSR count). The topological polar surface area (TPSA) is 119 Å². The fourth-order valence-electron chi connectivity index (χ4n) is 3.26. The largest absolute Gasteiger partial charge is 0.494 e. The molecule has 1 aliphatic carbocycles. The maximum absolute atomic E-state index is 13.0. The standard InChI is InChI=1S/C20H20ClN5O4S/c1-10-3-13(14-6-17(21)23-8-16(14)29-2)15(7-22-10)18(28)24-19-25-26-20(31-19)30-9-11-4-12(27)5-11/h3,6-8,11-12,27H,4-5,9H2,1-2H3,(H,24,25,28)/t11-,12-. The lowest BCUT2D eigenvalue weighted by Gasteiger charge is -2.30. The van der Waals surface area contributed by atoms with Crippen molar-refractivity contribution in [3.8, 4) is 22.1 Å². The van der Waals surface area contributed by atoms with Crippen LogP contribution in [0.1, 0.15) is 28.9 Å². The SMILES string of the molecule is COc1cnc(Cl)cc1-c1cc(C)ncc1C(=O)Nc1nnc(OC[C@H]2C[C@H](O)C2)s1. The molecule has 1 saturated carbocycles. The Hall–Kier alpha value is -2.82. The Balaban J connectivity index is 1.53. The zero-order valence-corrected chi connectivity index (χ0v) is 18.4. The second-order valence-electron chi connectivity index (χ2n) is 7.21. The molecule has 0 spiro atoms. The van der Waals surface area contributed by atoms with Gasteiger partial charge < -0.3 is 14.6 Å². The summed E-state index contributed by atoms with van der Waals surface area (Å²) < 4.78 is 11.0. The number of aliphatic hydroxyl groups is 1. The summed E-state index contributed by atoms with van der Waals surface area (Å²) in [6.45, 7) is 2.30. The van der Waals surface area contributed by atoms with Gasteiger partial charge in [-0.1, -0.05) is 16.7 Å². The van der Waals surface area contributed by atoms with Gasteiger partial charge in [0.1, 0.15) is 10.9 Å². The predicted molar refractivity (Wildman–Crippen MR) is 116 cm³/mol. The van der Waals surface area contributed by atoms with E-state index in [2.05, 4.69) is 25.5 Å².